The number of aromatic nitrogens is 3. The lowest BCUT2D eigenvalue weighted by Crippen LogP contribution is -2.31. The van der Waals surface area contributed by atoms with E-state index in [1.807, 2.05) is 0 Å². The highest BCUT2D eigenvalue weighted by atomic mass is 19.4. The second-order valence-electron chi connectivity index (χ2n) is 7.61. The number of imidazole rings is 1. The van der Waals surface area contributed by atoms with Gasteiger partial charge in [-0.2, -0.15) is 13.2 Å². The van der Waals surface area contributed by atoms with Crippen LogP contribution in [0.5, 0.6) is 0 Å². The first-order valence-corrected chi connectivity index (χ1v) is 9.63. The number of benzene rings is 1. The molecule has 1 aliphatic heterocycles. The van der Waals surface area contributed by atoms with Crippen molar-refractivity contribution in [2.75, 3.05) is 0 Å². The van der Waals surface area contributed by atoms with E-state index in [1.54, 1.807) is 12.1 Å². The summed E-state index contributed by atoms with van der Waals surface area (Å²) in [6.45, 7) is 0. The number of hydroxylamine groups is 1. The lowest BCUT2D eigenvalue weighted by Gasteiger charge is -2.29. The van der Waals surface area contributed by atoms with Crippen LogP contribution in [0.3, 0.4) is 0 Å². The molecule has 2 aliphatic rings. The minimum absolute atomic E-state index is 0.0910. The zero-order chi connectivity index (χ0) is 20.1. The van der Waals surface area contributed by atoms with Crippen molar-refractivity contribution in [3.8, 4) is 11.1 Å². The average Bonchev–Trinajstić information content (AvgIpc) is 3.32. The van der Waals surface area contributed by atoms with Gasteiger partial charge < -0.3 is 4.98 Å². The molecule has 3 aromatic rings. The number of nitrogens with zero attached hydrogens (tertiary/aromatic N) is 2. The van der Waals surface area contributed by atoms with E-state index >= 15 is 0 Å². The number of rotatable bonds is 2. The lowest BCUT2D eigenvalue weighted by atomic mass is 9.84. The molecule has 2 N–H and O–H groups in total. The molecule has 0 unspecified atom stereocenters. The second kappa shape index (κ2) is 6.59. The molecule has 1 aliphatic carbocycles. The molecule has 3 heterocycles. The molecule has 0 atom stereocenters. The normalized spacial score (nSPS) is 18.8. The van der Waals surface area contributed by atoms with Gasteiger partial charge in [0.15, 0.2) is 11.5 Å². The summed E-state index contributed by atoms with van der Waals surface area (Å²) >= 11 is 0. The third-order valence-corrected chi connectivity index (χ3v) is 5.61. The zero-order valence-corrected chi connectivity index (χ0v) is 15.5. The zero-order valence-electron chi connectivity index (χ0n) is 15.5. The number of nitrogens with one attached hydrogen (secondary N) is 2. The maximum atomic E-state index is 13.4. The molecule has 2 aromatic heterocycles. The van der Waals surface area contributed by atoms with Crippen molar-refractivity contribution in [1.82, 2.24) is 20.4 Å². The predicted octanol–water partition coefficient (Wildman–Crippen LogP) is 5.22. The average molecular weight is 400 g/mol. The Morgan fingerprint density at radius 2 is 1.86 bits per heavy atom. The topological polar surface area (TPSA) is 62.8 Å². The van der Waals surface area contributed by atoms with Gasteiger partial charge in [-0.15, -0.1) is 0 Å². The Morgan fingerprint density at radius 1 is 1.07 bits per heavy atom. The lowest BCUT2D eigenvalue weighted by molar-refractivity contribution is -0.137. The van der Waals surface area contributed by atoms with E-state index in [0.717, 1.165) is 37.4 Å². The summed E-state index contributed by atoms with van der Waals surface area (Å²) in [4.78, 5) is 17.8. The number of aromatic amines is 1. The number of halogens is 3. The SMILES string of the molecule is FC(F)(F)c1ccccc1-c1cnc2nc(C3=CC4(CCCCC4)ON3)[nH]c2c1. The molecule has 1 aromatic carbocycles. The van der Waals surface area contributed by atoms with Crippen molar-refractivity contribution in [1.29, 1.82) is 0 Å². The first kappa shape index (κ1) is 18.2. The van der Waals surface area contributed by atoms with Crippen LogP contribution >= 0.6 is 0 Å². The van der Waals surface area contributed by atoms with Crippen LogP contribution in [0.2, 0.25) is 0 Å². The predicted molar refractivity (Wildman–Crippen MR) is 102 cm³/mol. The minimum Gasteiger partial charge on any atom is -0.335 e. The van der Waals surface area contributed by atoms with E-state index in [1.165, 1.54) is 24.8 Å². The van der Waals surface area contributed by atoms with Gasteiger partial charge in [-0.25, -0.2) is 9.97 Å². The molecule has 0 amide bonds. The van der Waals surface area contributed by atoms with Gasteiger partial charge in [0.1, 0.15) is 11.3 Å². The van der Waals surface area contributed by atoms with Crippen LogP contribution in [0.4, 0.5) is 13.2 Å². The molecule has 1 spiro atoms. The van der Waals surface area contributed by atoms with Gasteiger partial charge >= 0.3 is 6.18 Å². The molecule has 29 heavy (non-hydrogen) atoms. The van der Waals surface area contributed by atoms with Crippen LogP contribution in [-0.4, -0.2) is 20.6 Å². The quantitative estimate of drug-likeness (QED) is 0.619. The molecule has 1 fully saturated rings. The van der Waals surface area contributed by atoms with Crippen LogP contribution in [0.1, 0.15) is 43.5 Å². The summed E-state index contributed by atoms with van der Waals surface area (Å²) in [6, 6.07) is 7.14. The fraction of sp³-hybridized carbons (Fsp3) is 0.333. The van der Waals surface area contributed by atoms with E-state index in [9.17, 15) is 13.2 Å². The monoisotopic (exact) mass is 400 g/mol. The third kappa shape index (κ3) is 3.27. The molecule has 8 heteroatoms. The Bertz CT molecular complexity index is 1100. The molecule has 0 bridgehead atoms. The third-order valence-electron chi connectivity index (χ3n) is 5.61. The maximum absolute atomic E-state index is 13.4. The number of H-pyrrole nitrogens is 1. The van der Waals surface area contributed by atoms with Gasteiger partial charge in [-0.05, 0) is 36.6 Å². The smallest absolute Gasteiger partial charge is 0.335 e. The molecular formula is C21H19F3N4O. The highest BCUT2D eigenvalue weighted by molar-refractivity contribution is 5.81. The first-order valence-electron chi connectivity index (χ1n) is 9.63. The van der Waals surface area contributed by atoms with Crippen molar-refractivity contribution in [3.63, 3.8) is 0 Å². The summed E-state index contributed by atoms with van der Waals surface area (Å²) in [5.74, 6) is 0.566. The van der Waals surface area contributed by atoms with Gasteiger partial charge in [-0.1, -0.05) is 37.5 Å². The molecule has 5 nitrogen and oxygen atoms in total. The Kier molecular flexibility index (Phi) is 4.13. The number of alkyl halides is 3. The Balaban J connectivity index is 1.52. The fourth-order valence-electron chi connectivity index (χ4n) is 4.15. The van der Waals surface area contributed by atoms with Crippen LogP contribution in [0.15, 0.2) is 42.6 Å². The van der Waals surface area contributed by atoms with E-state index in [0.29, 0.717) is 22.6 Å². The second-order valence-corrected chi connectivity index (χ2v) is 7.61. The standard InChI is InChI=1S/C21H19F3N4O/c22-21(23,24)15-7-3-2-6-14(15)13-10-16-18(25-12-13)27-19(26-16)17-11-20(29-28-17)8-4-1-5-9-20/h2-3,6-7,10-12,28H,1,4-5,8-9H2,(H,25,26,27). The van der Waals surface area contributed by atoms with Crippen LogP contribution in [0, 0.1) is 0 Å². The number of hydrogen-bond donors (Lipinski definition) is 2. The van der Waals surface area contributed by atoms with Crippen molar-refractivity contribution < 1.29 is 18.0 Å². The number of hydrogen-bond acceptors (Lipinski definition) is 4. The summed E-state index contributed by atoms with van der Waals surface area (Å²) < 4.78 is 40.1. The van der Waals surface area contributed by atoms with Gasteiger partial charge in [0.05, 0.1) is 11.1 Å². The van der Waals surface area contributed by atoms with E-state index in [4.69, 9.17) is 4.84 Å². The minimum atomic E-state index is -4.44. The van der Waals surface area contributed by atoms with Gasteiger partial charge in [0.25, 0.3) is 0 Å². The van der Waals surface area contributed by atoms with Gasteiger partial charge in [0.2, 0.25) is 0 Å². The van der Waals surface area contributed by atoms with Crippen molar-refractivity contribution in [2.45, 2.75) is 43.9 Å². The molecule has 0 radical (unpaired) electrons. The summed E-state index contributed by atoms with van der Waals surface area (Å²) in [5.41, 5.74) is 4.21. The Morgan fingerprint density at radius 3 is 2.66 bits per heavy atom. The van der Waals surface area contributed by atoms with E-state index in [2.05, 4.69) is 26.5 Å². The summed E-state index contributed by atoms with van der Waals surface area (Å²) in [6.07, 6.45) is 4.42. The largest absolute Gasteiger partial charge is 0.417 e. The number of fused-ring (bicyclic) bond motifs is 1. The van der Waals surface area contributed by atoms with Crippen molar-refractivity contribution >= 4 is 16.9 Å². The Labute approximate surface area is 165 Å². The molecule has 5 rings (SSSR count). The van der Waals surface area contributed by atoms with Crippen LogP contribution in [-0.2, 0) is 11.0 Å². The fourth-order valence-corrected chi connectivity index (χ4v) is 4.15. The van der Waals surface area contributed by atoms with Crippen LogP contribution in [0.25, 0.3) is 28.0 Å². The highest BCUT2D eigenvalue weighted by Gasteiger charge is 2.37. The van der Waals surface area contributed by atoms with E-state index in [-0.39, 0.29) is 11.2 Å². The van der Waals surface area contributed by atoms with Gasteiger partial charge in [0, 0.05) is 11.8 Å². The molecule has 0 saturated heterocycles. The number of pyridine rings is 1. The first-order chi connectivity index (χ1) is 13.9. The van der Waals surface area contributed by atoms with Crippen molar-refractivity contribution in [3.05, 3.63) is 54.0 Å². The summed E-state index contributed by atoms with van der Waals surface area (Å²) in [5, 5.41) is 0. The van der Waals surface area contributed by atoms with Crippen LogP contribution < -0.4 is 5.48 Å². The Hall–Kier alpha value is -2.87. The molecule has 1 saturated carbocycles. The molecule has 150 valence electrons. The highest BCUT2D eigenvalue weighted by Crippen LogP contribution is 2.39. The van der Waals surface area contributed by atoms with Gasteiger partial charge in [-0.3, -0.25) is 10.3 Å². The summed E-state index contributed by atoms with van der Waals surface area (Å²) in [7, 11) is 0. The van der Waals surface area contributed by atoms with E-state index < -0.39 is 11.7 Å². The molecular weight excluding hydrogens is 381 g/mol. The van der Waals surface area contributed by atoms with Crippen molar-refractivity contribution in [2.24, 2.45) is 0 Å². The maximum Gasteiger partial charge on any atom is 0.417 e.